The zero-order valence-corrected chi connectivity index (χ0v) is 12.6. The molecule has 0 radical (unpaired) electrons. The van der Waals surface area contributed by atoms with Crippen LogP contribution in [0.1, 0.15) is 24.3 Å². The fraction of sp³-hybridized carbons (Fsp3) is 0.412. The largest absolute Gasteiger partial charge is 0.467 e. The van der Waals surface area contributed by atoms with Crippen molar-refractivity contribution in [2.75, 3.05) is 7.11 Å². The number of rotatable bonds is 3. The number of hydrogen-bond acceptors (Lipinski definition) is 6. The molecular formula is C17H16N2O4. The van der Waals surface area contributed by atoms with E-state index in [2.05, 4.69) is 10.1 Å². The fourth-order valence-corrected chi connectivity index (χ4v) is 3.56. The van der Waals surface area contributed by atoms with Gasteiger partial charge in [-0.15, -0.1) is 0 Å². The van der Waals surface area contributed by atoms with Crippen molar-refractivity contribution in [3.8, 4) is 0 Å². The van der Waals surface area contributed by atoms with Crippen molar-refractivity contribution in [2.45, 2.75) is 24.8 Å². The lowest BCUT2D eigenvalue weighted by atomic mass is 9.67. The van der Waals surface area contributed by atoms with Crippen LogP contribution in [0, 0.1) is 11.3 Å². The minimum atomic E-state index is -1.08. The molecule has 0 saturated heterocycles. The van der Waals surface area contributed by atoms with Crippen LogP contribution in [0.4, 0.5) is 0 Å². The molecule has 118 valence electrons. The third-order valence-corrected chi connectivity index (χ3v) is 4.80. The molecule has 1 aliphatic carbocycles. The highest BCUT2D eigenvalue weighted by atomic mass is 16.7. The predicted octanol–water partition coefficient (Wildman–Crippen LogP) is 1.71. The van der Waals surface area contributed by atoms with Crippen molar-refractivity contribution in [2.24, 2.45) is 21.5 Å². The summed E-state index contributed by atoms with van der Waals surface area (Å²) in [5.41, 5.74) is 0.473. The topological polar surface area (TPSA) is 77.3 Å². The Bertz CT molecular complexity index is 723. The van der Waals surface area contributed by atoms with E-state index in [4.69, 9.17) is 9.57 Å². The number of carbonyl (C=O) groups excluding carboxylic acids is 2. The van der Waals surface area contributed by atoms with E-state index in [9.17, 15) is 9.59 Å². The van der Waals surface area contributed by atoms with Crippen molar-refractivity contribution in [1.29, 1.82) is 0 Å². The van der Waals surface area contributed by atoms with Gasteiger partial charge in [0.2, 0.25) is 0 Å². The third kappa shape index (κ3) is 1.94. The summed E-state index contributed by atoms with van der Waals surface area (Å²) in [5, 5.41) is 4.03. The Morgan fingerprint density at radius 1 is 1.30 bits per heavy atom. The molecule has 0 N–H and O–H groups in total. The first-order valence-electron chi connectivity index (χ1n) is 7.65. The number of hydrogen-bond donors (Lipinski definition) is 0. The van der Waals surface area contributed by atoms with E-state index in [0.29, 0.717) is 5.71 Å². The molecule has 6 nitrogen and oxygen atoms in total. The lowest BCUT2D eigenvalue weighted by molar-refractivity contribution is -0.147. The number of aliphatic imine (C=N–C) groups is 1. The average Bonchev–Trinajstić information content (AvgIpc) is 3.27. The van der Waals surface area contributed by atoms with Gasteiger partial charge in [0.15, 0.2) is 11.5 Å². The molecule has 2 aliphatic heterocycles. The summed E-state index contributed by atoms with van der Waals surface area (Å²) in [7, 11) is 1.33. The maximum absolute atomic E-state index is 12.6. The van der Waals surface area contributed by atoms with Gasteiger partial charge in [-0.3, -0.25) is 4.99 Å². The van der Waals surface area contributed by atoms with Crippen molar-refractivity contribution in [3.05, 3.63) is 35.9 Å². The zero-order chi connectivity index (χ0) is 16.0. The second-order valence-corrected chi connectivity index (χ2v) is 6.13. The molecule has 4 rings (SSSR count). The Morgan fingerprint density at radius 3 is 2.70 bits per heavy atom. The number of nitrogens with zero attached hydrogens (tertiary/aromatic N) is 2. The monoisotopic (exact) mass is 312 g/mol. The van der Waals surface area contributed by atoms with Gasteiger partial charge in [0, 0.05) is 18.1 Å². The average molecular weight is 312 g/mol. The maximum Gasteiger partial charge on any atom is 0.352 e. The first kappa shape index (κ1) is 14.1. The van der Waals surface area contributed by atoms with Crippen molar-refractivity contribution in [1.82, 2.24) is 0 Å². The van der Waals surface area contributed by atoms with Crippen LogP contribution >= 0.6 is 0 Å². The van der Waals surface area contributed by atoms with E-state index in [0.717, 1.165) is 18.4 Å². The van der Waals surface area contributed by atoms with Gasteiger partial charge in [-0.2, -0.15) is 0 Å². The normalized spacial score (nSPS) is 32.0. The molecule has 0 bridgehead atoms. The van der Waals surface area contributed by atoms with Gasteiger partial charge in [-0.05, 0) is 18.4 Å². The van der Waals surface area contributed by atoms with E-state index in [1.165, 1.54) is 7.11 Å². The Balaban J connectivity index is 1.85. The first-order valence-corrected chi connectivity index (χ1v) is 7.65. The molecule has 6 heteroatoms. The van der Waals surface area contributed by atoms with Gasteiger partial charge >= 0.3 is 11.9 Å². The lowest BCUT2D eigenvalue weighted by Crippen LogP contribution is -2.45. The van der Waals surface area contributed by atoms with E-state index in [1.54, 1.807) is 6.21 Å². The van der Waals surface area contributed by atoms with Gasteiger partial charge in [0.1, 0.15) is 0 Å². The molecule has 1 fully saturated rings. The first-order chi connectivity index (χ1) is 11.2. The lowest BCUT2D eigenvalue weighted by Gasteiger charge is -2.29. The summed E-state index contributed by atoms with van der Waals surface area (Å²) in [6.07, 6.45) is 3.52. The number of esters is 1. The van der Waals surface area contributed by atoms with Crippen LogP contribution in [0.2, 0.25) is 0 Å². The van der Waals surface area contributed by atoms with Gasteiger partial charge in [0.05, 0.1) is 12.8 Å². The maximum atomic E-state index is 12.6. The number of oxime groups is 1. The van der Waals surface area contributed by atoms with Crippen LogP contribution in [0.15, 0.2) is 40.5 Å². The molecule has 0 aromatic heterocycles. The van der Waals surface area contributed by atoms with E-state index < -0.39 is 29.3 Å². The number of ether oxygens (including phenoxy) is 1. The fourth-order valence-electron chi connectivity index (χ4n) is 3.56. The van der Waals surface area contributed by atoms with E-state index in [1.807, 2.05) is 30.3 Å². The van der Waals surface area contributed by atoms with E-state index in [-0.39, 0.29) is 5.92 Å². The molecule has 3 aliphatic rings. The van der Waals surface area contributed by atoms with Crippen LogP contribution < -0.4 is 0 Å². The van der Waals surface area contributed by atoms with Crippen molar-refractivity contribution in [3.63, 3.8) is 0 Å². The smallest absolute Gasteiger partial charge is 0.352 e. The highest BCUT2D eigenvalue weighted by molar-refractivity contribution is 6.25. The Morgan fingerprint density at radius 2 is 2.04 bits per heavy atom. The summed E-state index contributed by atoms with van der Waals surface area (Å²) in [5.74, 6) is -1.16. The highest BCUT2D eigenvalue weighted by Gasteiger charge is 2.64. The molecule has 1 aromatic rings. The Labute approximate surface area is 133 Å². The van der Waals surface area contributed by atoms with Gasteiger partial charge in [-0.25, -0.2) is 9.59 Å². The number of carbonyl (C=O) groups is 2. The second-order valence-electron chi connectivity index (χ2n) is 6.13. The summed E-state index contributed by atoms with van der Waals surface area (Å²) < 4.78 is 4.89. The molecule has 2 heterocycles. The summed E-state index contributed by atoms with van der Waals surface area (Å²) >= 11 is 0. The third-order valence-electron chi connectivity index (χ3n) is 4.80. The molecule has 1 saturated carbocycles. The van der Waals surface area contributed by atoms with Gasteiger partial charge in [0.25, 0.3) is 0 Å². The van der Waals surface area contributed by atoms with Crippen LogP contribution in [-0.2, 0) is 19.2 Å². The molecule has 1 spiro atoms. The SMILES string of the molecule is COC(=O)[C@@H]1N=C[C@@]2(C(=O)ON=C2C2CC2)[C@H]1c1ccccc1. The minimum Gasteiger partial charge on any atom is -0.467 e. The predicted molar refractivity (Wildman–Crippen MR) is 82.2 cm³/mol. The van der Waals surface area contributed by atoms with Crippen LogP contribution in [0.5, 0.6) is 0 Å². The Hall–Kier alpha value is -2.50. The highest BCUT2D eigenvalue weighted by Crippen LogP contribution is 2.52. The zero-order valence-electron chi connectivity index (χ0n) is 12.6. The molecule has 23 heavy (non-hydrogen) atoms. The molecule has 3 atom stereocenters. The summed E-state index contributed by atoms with van der Waals surface area (Å²) in [4.78, 5) is 34.2. The van der Waals surface area contributed by atoms with Crippen molar-refractivity contribution >= 4 is 23.9 Å². The molecule has 0 unspecified atom stereocenters. The van der Waals surface area contributed by atoms with Crippen LogP contribution in [-0.4, -0.2) is 37.0 Å². The van der Waals surface area contributed by atoms with Crippen molar-refractivity contribution < 1.29 is 19.2 Å². The standard InChI is InChI=1S/C17H16N2O4/c1-22-15(20)13-12(10-5-3-2-4-6-10)17(9-18-13)14(11-7-8-11)19-23-16(17)21/h2-6,9,11-13H,7-8H2,1H3/t12-,13+,17+/m0/s1. The van der Waals surface area contributed by atoms with Gasteiger partial charge in [-0.1, -0.05) is 35.5 Å². The van der Waals surface area contributed by atoms with E-state index >= 15 is 0 Å². The van der Waals surface area contributed by atoms with Crippen LogP contribution in [0.3, 0.4) is 0 Å². The summed E-state index contributed by atoms with van der Waals surface area (Å²) in [6.45, 7) is 0. The second kappa shape index (κ2) is 5.01. The molecular weight excluding hydrogens is 296 g/mol. The molecule has 1 aromatic carbocycles. The van der Waals surface area contributed by atoms with Crippen LogP contribution in [0.25, 0.3) is 0 Å². The summed E-state index contributed by atoms with van der Waals surface area (Å²) in [6, 6.07) is 8.67. The Kier molecular flexibility index (Phi) is 3.07. The molecule has 0 amide bonds. The van der Waals surface area contributed by atoms with Gasteiger partial charge < -0.3 is 9.57 Å². The number of benzene rings is 1. The quantitative estimate of drug-likeness (QED) is 0.629. The number of methoxy groups -OCH3 is 1. The minimum absolute atomic E-state index is 0.232.